The first-order chi connectivity index (χ1) is 12.2. The van der Waals surface area contributed by atoms with Crippen LogP contribution in [0.25, 0.3) is 0 Å². The molecule has 1 N–H and O–H groups in total. The van der Waals surface area contributed by atoms with Crippen LogP contribution in [-0.4, -0.2) is 66.1 Å². The maximum atomic E-state index is 12.5. The van der Waals surface area contributed by atoms with E-state index in [1.54, 1.807) is 29.0 Å². The highest BCUT2D eigenvalue weighted by molar-refractivity contribution is 5.92. The van der Waals surface area contributed by atoms with E-state index in [2.05, 4.69) is 17.2 Å². The predicted molar refractivity (Wildman–Crippen MR) is 96.8 cm³/mol. The zero-order valence-corrected chi connectivity index (χ0v) is 15.2. The van der Waals surface area contributed by atoms with Gasteiger partial charge in [0.1, 0.15) is 5.69 Å². The molecule has 2 amide bonds. The van der Waals surface area contributed by atoms with E-state index in [1.165, 1.54) is 12.8 Å². The lowest BCUT2D eigenvalue weighted by molar-refractivity contribution is 0.0566. The van der Waals surface area contributed by atoms with Crippen molar-refractivity contribution in [1.29, 1.82) is 0 Å². The molecule has 25 heavy (non-hydrogen) atoms. The summed E-state index contributed by atoms with van der Waals surface area (Å²) in [6.07, 6.45) is 4.91. The van der Waals surface area contributed by atoms with Gasteiger partial charge in [0.15, 0.2) is 0 Å². The Kier molecular flexibility index (Phi) is 7.50. The minimum Gasteiger partial charge on any atom is -0.450 e. The molecule has 0 radical (unpaired) electrons. The molecule has 1 aliphatic rings. The van der Waals surface area contributed by atoms with Crippen molar-refractivity contribution < 1.29 is 14.3 Å². The number of aromatic nitrogens is 1. The second-order valence-corrected chi connectivity index (χ2v) is 6.04. The average Bonchev–Trinajstić information content (AvgIpc) is 2.65. The van der Waals surface area contributed by atoms with Crippen LogP contribution in [0.1, 0.15) is 43.6 Å². The molecular weight excluding hydrogens is 320 g/mol. The molecule has 0 atom stereocenters. The molecule has 0 aliphatic carbocycles. The quantitative estimate of drug-likeness (QED) is 0.767. The highest BCUT2D eigenvalue weighted by Gasteiger charge is 2.25. The Morgan fingerprint density at radius 3 is 2.44 bits per heavy atom. The molecule has 2 rings (SSSR count). The van der Waals surface area contributed by atoms with E-state index in [1.807, 2.05) is 6.07 Å². The molecule has 1 aromatic heterocycles. The Balaban J connectivity index is 1.82. The van der Waals surface area contributed by atoms with Crippen LogP contribution in [0.2, 0.25) is 0 Å². The molecule has 7 nitrogen and oxygen atoms in total. The van der Waals surface area contributed by atoms with Gasteiger partial charge in [0.05, 0.1) is 18.5 Å². The molecule has 138 valence electrons. The lowest BCUT2D eigenvalue weighted by Crippen LogP contribution is -2.50. The lowest BCUT2D eigenvalue weighted by Gasteiger charge is -2.33. The number of unbranched alkanes of at least 4 members (excludes halogenated alkanes) is 2. The highest BCUT2D eigenvalue weighted by atomic mass is 16.6. The lowest BCUT2D eigenvalue weighted by atomic mass is 10.2. The number of piperazine rings is 1. The number of carbonyl (C=O) groups excluding carboxylic acids is 2. The third-order valence-corrected chi connectivity index (χ3v) is 4.18. The van der Waals surface area contributed by atoms with Crippen molar-refractivity contribution in [2.24, 2.45) is 0 Å². The van der Waals surface area contributed by atoms with Gasteiger partial charge in [-0.05, 0) is 25.5 Å². The third kappa shape index (κ3) is 5.62. The normalized spacial score (nSPS) is 14.3. The van der Waals surface area contributed by atoms with Crippen molar-refractivity contribution in [3.05, 3.63) is 24.0 Å². The first-order valence-electron chi connectivity index (χ1n) is 9.06. The molecule has 1 aliphatic heterocycles. The van der Waals surface area contributed by atoms with E-state index in [0.717, 1.165) is 18.7 Å². The minimum atomic E-state index is -0.314. The number of hydrogen-bond acceptors (Lipinski definition) is 5. The van der Waals surface area contributed by atoms with Crippen LogP contribution in [0.15, 0.2) is 18.3 Å². The summed E-state index contributed by atoms with van der Waals surface area (Å²) in [7, 11) is 0. The maximum Gasteiger partial charge on any atom is 0.409 e. The first-order valence-corrected chi connectivity index (χ1v) is 9.06. The Labute approximate surface area is 149 Å². The molecular formula is C18H28N4O3. The fourth-order valence-electron chi connectivity index (χ4n) is 2.70. The molecule has 1 saturated heterocycles. The number of ether oxygens (including phenoxy) is 1. The van der Waals surface area contributed by atoms with E-state index < -0.39 is 0 Å². The number of nitrogens with zero attached hydrogens (tertiary/aromatic N) is 3. The van der Waals surface area contributed by atoms with Gasteiger partial charge < -0.3 is 19.9 Å². The van der Waals surface area contributed by atoms with Crippen molar-refractivity contribution in [2.75, 3.05) is 44.6 Å². The number of anilines is 1. The standard InChI is InChI=1S/C18H28N4O3/c1-3-5-6-9-19-15-7-8-16(20-14-15)17(23)21-10-12-22(13-11-21)18(24)25-4-2/h7-8,14,19H,3-6,9-13H2,1-2H3. The van der Waals surface area contributed by atoms with E-state index in [9.17, 15) is 9.59 Å². The largest absolute Gasteiger partial charge is 0.450 e. The van der Waals surface area contributed by atoms with Crippen LogP contribution in [0, 0.1) is 0 Å². The van der Waals surface area contributed by atoms with Gasteiger partial charge in [0.25, 0.3) is 5.91 Å². The molecule has 0 bridgehead atoms. The Hall–Kier alpha value is -2.31. The van der Waals surface area contributed by atoms with Gasteiger partial charge >= 0.3 is 6.09 Å². The summed E-state index contributed by atoms with van der Waals surface area (Å²) in [5, 5.41) is 3.31. The highest BCUT2D eigenvalue weighted by Crippen LogP contribution is 2.11. The fourth-order valence-corrected chi connectivity index (χ4v) is 2.70. The van der Waals surface area contributed by atoms with Crippen LogP contribution in [0.3, 0.4) is 0 Å². The molecule has 1 aromatic rings. The van der Waals surface area contributed by atoms with E-state index in [-0.39, 0.29) is 12.0 Å². The van der Waals surface area contributed by atoms with Gasteiger partial charge in [0.2, 0.25) is 0 Å². The summed E-state index contributed by atoms with van der Waals surface area (Å²) >= 11 is 0. The predicted octanol–water partition coefficient (Wildman–Crippen LogP) is 2.60. The van der Waals surface area contributed by atoms with Crippen molar-refractivity contribution in [2.45, 2.75) is 33.1 Å². The van der Waals surface area contributed by atoms with Gasteiger partial charge in [-0.25, -0.2) is 9.78 Å². The zero-order chi connectivity index (χ0) is 18.1. The van der Waals surface area contributed by atoms with Gasteiger partial charge in [-0.3, -0.25) is 4.79 Å². The second kappa shape index (κ2) is 9.86. The molecule has 1 fully saturated rings. The number of hydrogen-bond donors (Lipinski definition) is 1. The number of amides is 2. The molecule has 2 heterocycles. The van der Waals surface area contributed by atoms with E-state index >= 15 is 0 Å². The first kappa shape index (κ1) is 19.0. The molecule has 0 unspecified atom stereocenters. The number of rotatable bonds is 7. The van der Waals surface area contributed by atoms with E-state index in [4.69, 9.17) is 4.74 Å². The maximum absolute atomic E-state index is 12.5. The average molecular weight is 348 g/mol. The van der Waals surface area contributed by atoms with Gasteiger partial charge in [-0.1, -0.05) is 19.8 Å². The van der Waals surface area contributed by atoms with Crippen molar-refractivity contribution in [1.82, 2.24) is 14.8 Å². The summed E-state index contributed by atoms with van der Waals surface area (Å²) in [5.74, 6) is -0.0963. The SMILES string of the molecule is CCCCCNc1ccc(C(=O)N2CCN(C(=O)OCC)CC2)nc1. The monoisotopic (exact) mass is 348 g/mol. The summed E-state index contributed by atoms with van der Waals surface area (Å²) in [6.45, 7) is 7.20. The van der Waals surface area contributed by atoms with E-state index in [0.29, 0.717) is 38.5 Å². The summed E-state index contributed by atoms with van der Waals surface area (Å²) in [5.41, 5.74) is 1.36. The Bertz CT molecular complexity index is 554. The molecule has 7 heteroatoms. The Morgan fingerprint density at radius 1 is 1.12 bits per heavy atom. The van der Waals surface area contributed by atoms with Gasteiger partial charge in [-0.2, -0.15) is 0 Å². The van der Waals surface area contributed by atoms with Gasteiger partial charge in [-0.15, -0.1) is 0 Å². The third-order valence-electron chi connectivity index (χ3n) is 4.18. The van der Waals surface area contributed by atoms with Crippen LogP contribution in [0.5, 0.6) is 0 Å². The Morgan fingerprint density at radius 2 is 1.84 bits per heavy atom. The topological polar surface area (TPSA) is 74.8 Å². The van der Waals surface area contributed by atoms with Crippen LogP contribution < -0.4 is 5.32 Å². The number of nitrogens with one attached hydrogen (secondary N) is 1. The van der Waals surface area contributed by atoms with Gasteiger partial charge in [0, 0.05) is 32.7 Å². The van der Waals surface area contributed by atoms with Crippen molar-refractivity contribution in [3.63, 3.8) is 0 Å². The number of carbonyl (C=O) groups is 2. The minimum absolute atomic E-state index is 0.0963. The summed E-state index contributed by atoms with van der Waals surface area (Å²) < 4.78 is 4.99. The van der Waals surface area contributed by atoms with Crippen LogP contribution in [0.4, 0.5) is 10.5 Å². The smallest absolute Gasteiger partial charge is 0.409 e. The van der Waals surface area contributed by atoms with Crippen LogP contribution >= 0.6 is 0 Å². The zero-order valence-electron chi connectivity index (χ0n) is 15.2. The second-order valence-electron chi connectivity index (χ2n) is 6.04. The molecule has 0 aromatic carbocycles. The summed E-state index contributed by atoms with van der Waals surface area (Å²) in [6, 6.07) is 3.64. The molecule has 0 saturated carbocycles. The van der Waals surface area contributed by atoms with Crippen LogP contribution in [-0.2, 0) is 4.74 Å². The fraction of sp³-hybridized carbons (Fsp3) is 0.611. The number of pyridine rings is 1. The summed E-state index contributed by atoms with van der Waals surface area (Å²) in [4.78, 5) is 31.8. The van der Waals surface area contributed by atoms with Crippen molar-refractivity contribution in [3.8, 4) is 0 Å². The molecule has 0 spiro atoms. The van der Waals surface area contributed by atoms with Crippen molar-refractivity contribution >= 4 is 17.7 Å².